The number of hydrogen-bond acceptors (Lipinski definition) is 7. The highest BCUT2D eigenvalue weighted by Crippen LogP contribution is 2.42. The van der Waals surface area contributed by atoms with E-state index in [4.69, 9.17) is 11.0 Å². The van der Waals surface area contributed by atoms with Crippen LogP contribution in [-0.4, -0.2) is 29.3 Å². The SMILES string of the molecule is CCOC(=O)[C@]1(C(F)(F)F)NN(c2ccccn2)C(N)=C1C#N. The van der Waals surface area contributed by atoms with Gasteiger partial charge in [0.2, 0.25) is 0 Å². The van der Waals surface area contributed by atoms with Crippen molar-refractivity contribution in [2.24, 2.45) is 5.73 Å². The van der Waals surface area contributed by atoms with Crippen LogP contribution in [0, 0.1) is 11.3 Å². The molecule has 2 heterocycles. The van der Waals surface area contributed by atoms with Gasteiger partial charge in [-0.3, -0.25) is 0 Å². The number of carbonyl (C=O) groups excluding carboxylic acids is 1. The number of hydrazine groups is 1. The van der Waals surface area contributed by atoms with Gasteiger partial charge in [0.05, 0.1) is 6.61 Å². The van der Waals surface area contributed by atoms with Crippen molar-refractivity contribution in [3.05, 3.63) is 35.8 Å². The van der Waals surface area contributed by atoms with Gasteiger partial charge in [0.25, 0.3) is 5.54 Å². The van der Waals surface area contributed by atoms with Gasteiger partial charge in [-0.1, -0.05) is 6.07 Å². The smallest absolute Gasteiger partial charge is 0.424 e. The minimum atomic E-state index is -5.15. The van der Waals surface area contributed by atoms with Crippen LogP contribution in [0.15, 0.2) is 35.8 Å². The molecule has 1 aliphatic heterocycles. The molecule has 7 nitrogen and oxygen atoms in total. The van der Waals surface area contributed by atoms with Gasteiger partial charge in [-0.05, 0) is 19.1 Å². The van der Waals surface area contributed by atoms with E-state index in [1.165, 1.54) is 31.3 Å². The lowest BCUT2D eigenvalue weighted by Gasteiger charge is -2.31. The highest BCUT2D eigenvalue weighted by Gasteiger charge is 2.69. The molecule has 1 aliphatic rings. The number of carbonyl (C=O) groups is 1. The molecule has 1 aromatic rings. The molecular weight excluding hydrogens is 315 g/mol. The molecule has 0 fully saturated rings. The second-order valence-electron chi connectivity index (χ2n) is 4.48. The van der Waals surface area contributed by atoms with Crippen LogP contribution < -0.4 is 16.2 Å². The molecule has 0 aliphatic carbocycles. The molecule has 0 aromatic carbocycles. The minimum Gasteiger partial charge on any atom is -0.464 e. The lowest BCUT2D eigenvalue weighted by atomic mass is 9.91. The first-order valence-electron chi connectivity index (χ1n) is 6.42. The van der Waals surface area contributed by atoms with Gasteiger partial charge in [-0.15, -0.1) is 0 Å². The van der Waals surface area contributed by atoms with Gasteiger partial charge in [-0.25, -0.2) is 14.8 Å². The lowest BCUT2D eigenvalue weighted by molar-refractivity contribution is -0.202. The molecule has 0 spiro atoms. The molecule has 0 saturated heterocycles. The van der Waals surface area contributed by atoms with Crippen LogP contribution in [0.1, 0.15) is 6.92 Å². The Labute approximate surface area is 129 Å². The summed E-state index contributed by atoms with van der Waals surface area (Å²) >= 11 is 0. The van der Waals surface area contributed by atoms with Crippen molar-refractivity contribution in [3.8, 4) is 6.07 Å². The average Bonchev–Trinajstić information content (AvgIpc) is 2.82. The predicted molar refractivity (Wildman–Crippen MR) is 72.1 cm³/mol. The van der Waals surface area contributed by atoms with Crippen molar-refractivity contribution in [2.45, 2.75) is 18.6 Å². The second kappa shape index (κ2) is 5.77. The first-order valence-corrected chi connectivity index (χ1v) is 6.42. The number of nitrogens with zero attached hydrogens (tertiary/aromatic N) is 3. The summed E-state index contributed by atoms with van der Waals surface area (Å²) in [4.78, 5) is 15.9. The zero-order valence-electron chi connectivity index (χ0n) is 11.9. The van der Waals surface area contributed by atoms with Crippen LogP contribution in [-0.2, 0) is 9.53 Å². The molecule has 2 rings (SSSR count). The first-order chi connectivity index (χ1) is 10.8. The number of ether oxygens (including phenoxy) is 1. The number of nitrogens with one attached hydrogen (secondary N) is 1. The number of nitriles is 1. The van der Waals surface area contributed by atoms with Crippen LogP contribution in [0.25, 0.3) is 0 Å². The number of pyridine rings is 1. The van der Waals surface area contributed by atoms with Crippen molar-refractivity contribution in [1.29, 1.82) is 5.26 Å². The topological polar surface area (TPSA) is 104 Å². The summed E-state index contributed by atoms with van der Waals surface area (Å²) in [6.45, 7) is 1.06. The van der Waals surface area contributed by atoms with Crippen molar-refractivity contribution < 1.29 is 22.7 Å². The fourth-order valence-electron chi connectivity index (χ4n) is 2.10. The number of anilines is 1. The Kier molecular flexibility index (Phi) is 4.16. The Balaban J connectivity index is 2.62. The summed E-state index contributed by atoms with van der Waals surface area (Å²) in [7, 11) is 0. The normalized spacial score (nSPS) is 21.3. The standard InChI is InChI=1S/C13H12F3N5O2/c1-2-23-11(22)12(13(14,15)16)8(7-17)10(18)21(20-12)9-5-3-4-6-19-9/h3-6,20H,2,18H2,1H3/t12-/m1/s1. The number of esters is 1. The summed E-state index contributed by atoms with van der Waals surface area (Å²) in [5, 5.41) is 9.87. The number of aromatic nitrogens is 1. The third-order valence-corrected chi connectivity index (χ3v) is 3.15. The van der Waals surface area contributed by atoms with E-state index >= 15 is 0 Å². The number of rotatable bonds is 3. The fourth-order valence-corrected chi connectivity index (χ4v) is 2.10. The van der Waals surface area contributed by atoms with Gasteiger partial charge >= 0.3 is 12.1 Å². The maximum Gasteiger partial charge on any atom is 0.424 e. The minimum absolute atomic E-state index is 0.00632. The van der Waals surface area contributed by atoms with E-state index in [0.29, 0.717) is 0 Å². The summed E-state index contributed by atoms with van der Waals surface area (Å²) in [5.41, 5.74) is 3.22. The molecule has 0 saturated carbocycles. The van der Waals surface area contributed by atoms with E-state index in [9.17, 15) is 18.0 Å². The molecule has 0 radical (unpaired) electrons. The van der Waals surface area contributed by atoms with Gasteiger partial charge in [-0.2, -0.15) is 23.9 Å². The summed E-state index contributed by atoms with van der Waals surface area (Å²) in [6, 6.07) is 5.78. The Morgan fingerprint density at radius 2 is 2.26 bits per heavy atom. The first kappa shape index (κ1) is 16.6. The molecule has 0 unspecified atom stereocenters. The molecule has 0 amide bonds. The van der Waals surface area contributed by atoms with Crippen LogP contribution in [0.3, 0.4) is 0 Å². The third-order valence-electron chi connectivity index (χ3n) is 3.15. The highest BCUT2D eigenvalue weighted by molar-refractivity contribution is 5.90. The van der Waals surface area contributed by atoms with Crippen molar-refractivity contribution in [1.82, 2.24) is 10.4 Å². The van der Waals surface area contributed by atoms with Crippen LogP contribution in [0.2, 0.25) is 0 Å². The van der Waals surface area contributed by atoms with Crippen molar-refractivity contribution >= 4 is 11.8 Å². The Hall–Kier alpha value is -2.80. The van der Waals surface area contributed by atoms with Crippen LogP contribution >= 0.6 is 0 Å². The van der Waals surface area contributed by atoms with E-state index in [0.717, 1.165) is 5.01 Å². The zero-order valence-corrected chi connectivity index (χ0v) is 11.9. The monoisotopic (exact) mass is 327 g/mol. The van der Waals surface area contributed by atoms with Gasteiger partial charge in [0.15, 0.2) is 0 Å². The van der Waals surface area contributed by atoms with Crippen molar-refractivity contribution in [2.75, 3.05) is 11.6 Å². The van der Waals surface area contributed by atoms with E-state index < -0.39 is 29.1 Å². The van der Waals surface area contributed by atoms with E-state index in [1.807, 2.05) is 5.43 Å². The van der Waals surface area contributed by atoms with Crippen LogP contribution in [0.5, 0.6) is 0 Å². The van der Waals surface area contributed by atoms with E-state index in [-0.39, 0.29) is 12.4 Å². The number of alkyl halides is 3. The average molecular weight is 327 g/mol. The maximum absolute atomic E-state index is 13.6. The molecule has 0 bridgehead atoms. The van der Waals surface area contributed by atoms with E-state index in [1.54, 1.807) is 6.07 Å². The van der Waals surface area contributed by atoms with Crippen molar-refractivity contribution in [3.63, 3.8) is 0 Å². The summed E-state index contributed by atoms with van der Waals surface area (Å²) in [6.07, 6.45) is -3.83. The molecule has 10 heteroatoms. The Bertz CT molecular complexity index is 683. The van der Waals surface area contributed by atoms with Gasteiger partial charge in [0.1, 0.15) is 23.3 Å². The Morgan fingerprint density at radius 3 is 2.74 bits per heavy atom. The molecule has 122 valence electrons. The molecule has 1 aromatic heterocycles. The molecule has 23 heavy (non-hydrogen) atoms. The molecule has 1 atom stereocenters. The predicted octanol–water partition coefficient (Wildman–Crippen LogP) is 0.964. The molecule has 3 N–H and O–H groups in total. The summed E-state index contributed by atoms with van der Waals surface area (Å²) in [5.74, 6) is -2.24. The maximum atomic E-state index is 13.6. The number of halogens is 3. The quantitative estimate of drug-likeness (QED) is 0.797. The fraction of sp³-hybridized carbons (Fsp3) is 0.308. The number of nitrogens with two attached hydrogens (primary N) is 1. The third kappa shape index (κ3) is 2.44. The highest BCUT2D eigenvalue weighted by atomic mass is 19.4. The van der Waals surface area contributed by atoms with Crippen LogP contribution in [0.4, 0.5) is 19.0 Å². The molecular formula is C13H12F3N5O2. The Morgan fingerprint density at radius 1 is 1.57 bits per heavy atom. The lowest BCUT2D eigenvalue weighted by Crippen LogP contribution is -2.64. The van der Waals surface area contributed by atoms with Gasteiger partial charge < -0.3 is 10.5 Å². The van der Waals surface area contributed by atoms with Gasteiger partial charge in [0, 0.05) is 6.20 Å². The second-order valence-corrected chi connectivity index (χ2v) is 4.48. The van der Waals surface area contributed by atoms with E-state index in [2.05, 4.69) is 9.72 Å². The zero-order chi connectivity index (χ0) is 17.3. The summed E-state index contributed by atoms with van der Waals surface area (Å²) < 4.78 is 45.4. The number of hydrogen-bond donors (Lipinski definition) is 2. The largest absolute Gasteiger partial charge is 0.464 e.